The van der Waals surface area contributed by atoms with Crippen LogP contribution in [0.15, 0.2) is 17.2 Å². The second kappa shape index (κ2) is 6.74. The molecule has 1 heterocycles. The van der Waals surface area contributed by atoms with E-state index in [1.54, 1.807) is 0 Å². The number of aromatic nitrogens is 1. The Morgan fingerprint density at radius 1 is 1.35 bits per heavy atom. The highest BCUT2D eigenvalue weighted by Crippen LogP contribution is 2.23. The summed E-state index contributed by atoms with van der Waals surface area (Å²) in [5.74, 6) is 0.502. The highest BCUT2D eigenvalue weighted by atomic mass is 35.5. The topological polar surface area (TPSA) is 71.1 Å². The number of anilines is 1. The number of hydrogen-bond donors (Lipinski definition) is 2. The monoisotopic (exact) mass is 319 g/mol. The molecule has 0 aliphatic heterocycles. The van der Waals surface area contributed by atoms with Gasteiger partial charge in [-0.15, -0.1) is 0 Å². The van der Waals surface area contributed by atoms with E-state index in [1.807, 2.05) is 27.7 Å². The van der Waals surface area contributed by atoms with Gasteiger partial charge in [-0.1, -0.05) is 25.4 Å². The first-order valence-corrected chi connectivity index (χ1v) is 8.51. The highest BCUT2D eigenvalue weighted by molar-refractivity contribution is 7.89. The molecule has 0 aliphatic rings. The van der Waals surface area contributed by atoms with Crippen LogP contribution in [-0.4, -0.2) is 25.5 Å². The molecular formula is C13H22ClN3O2S. The Kier molecular flexibility index (Phi) is 5.79. The van der Waals surface area contributed by atoms with Gasteiger partial charge < -0.3 is 5.32 Å². The maximum atomic E-state index is 12.3. The molecule has 114 valence electrons. The molecule has 2 N–H and O–H groups in total. The van der Waals surface area contributed by atoms with E-state index in [0.29, 0.717) is 17.3 Å². The minimum Gasteiger partial charge on any atom is -0.369 e. The van der Waals surface area contributed by atoms with Gasteiger partial charge in [0.25, 0.3) is 0 Å². The lowest BCUT2D eigenvalue weighted by Gasteiger charge is -2.24. The Labute approximate surface area is 126 Å². The van der Waals surface area contributed by atoms with Crippen molar-refractivity contribution in [2.24, 2.45) is 0 Å². The van der Waals surface area contributed by atoms with Gasteiger partial charge in [-0.2, -0.15) is 0 Å². The predicted molar refractivity (Wildman–Crippen MR) is 82.7 cm³/mol. The van der Waals surface area contributed by atoms with Crippen LogP contribution in [-0.2, 0) is 10.0 Å². The number of rotatable bonds is 7. The lowest BCUT2D eigenvalue weighted by molar-refractivity contribution is 0.439. The van der Waals surface area contributed by atoms with Gasteiger partial charge in [0.1, 0.15) is 10.7 Å². The van der Waals surface area contributed by atoms with Gasteiger partial charge in [-0.25, -0.2) is 18.1 Å². The lowest BCUT2D eigenvalue weighted by Crippen LogP contribution is -2.42. The summed E-state index contributed by atoms with van der Waals surface area (Å²) in [5, 5.41) is 3.34. The Hall–Kier alpha value is -0.850. The molecule has 0 saturated carbocycles. The van der Waals surface area contributed by atoms with Crippen LogP contribution in [0.25, 0.3) is 0 Å². The number of pyridine rings is 1. The Morgan fingerprint density at radius 3 is 2.50 bits per heavy atom. The molecule has 1 aromatic rings. The lowest BCUT2D eigenvalue weighted by atomic mass is 10.0. The van der Waals surface area contributed by atoms with Gasteiger partial charge in [-0.05, 0) is 32.8 Å². The Morgan fingerprint density at radius 2 is 2.00 bits per heavy atom. The van der Waals surface area contributed by atoms with Crippen LogP contribution >= 0.6 is 11.6 Å². The third-order valence-electron chi connectivity index (χ3n) is 2.96. The fourth-order valence-corrected chi connectivity index (χ4v) is 3.19. The average molecular weight is 320 g/mol. The van der Waals surface area contributed by atoms with Gasteiger partial charge in [0, 0.05) is 18.3 Å². The quantitative estimate of drug-likeness (QED) is 0.810. The number of nitrogens with one attached hydrogen (secondary N) is 2. The van der Waals surface area contributed by atoms with E-state index >= 15 is 0 Å². The Balaban J connectivity index is 3.00. The molecule has 0 aromatic carbocycles. The zero-order valence-corrected chi connectivity index (χ0v) is 13.9. The van der Waals surface area contributed by atoms with Crippen molar-refractivity contribution in [2.75, 3.05) is 11.9 Å². The first-order chi connectivity index (χ1) is 9.22. The minimum atomic E-state index is -3.61. The largest absolute Gasteiger partial charge is 0.369 e. The normalized spacial score (nSPS) is 12.4. The smallest absolute Gasteiger partial charge is 0.242 e. The van der Waals surface area contributed by atoms with E-state index in [2.05, 4.69) is 15.0 Å². The van der Waals surface area contributed by atoms with Crippen LogP contribution in [0.1, 0.15) is 40.5 Å². The second-order valence-corrected chi connectivity index (χ2v) is 7.36. The van der Waals surface area contributed by atoms with Crippen LogP contribution in [0.5, 0.6) is 0 Å². The van der Waals surface area contributed by atoms with Crippen molar-refractivity contribution in [3.63, 3.8) is 0 Å². The van der Waals surface area contributed by atoms with Gasteiger partial charge >= 0.3 is 0 Å². The van der Waals surface area contributed by atoms with Crippen LogP contribution in [0.4, 0.5) is 5.82 Å². The average Bonchev–Trinajstić information content (AvgIpc) is 2.36. The first-order valence-electron chi connectivity index (χ1n) is 6.65. The van der Waals surface area contributed by atoms with Crippen molar-refractivity contribution in [2.45, 2.75) is 51.0 Å². The van der Waals surface area contributed by atoms with Gasteiger partial charge in [-0.3, -0.25) is 0 Å². The highest BCUT2D eigenvalue weighted by Gasteiger charge is 2.25. The summed E-state index contributed by atoms with van der Waals surface area (Å²) in [7, 11) is -3.61. The van der Waals surface area contributed by atoms with Crippen molar-refractivity contribution in [3.8, 4) is 0 Å². The number of halogens is 1. The van der Waals surface area contributed by atoms with E-state index in [1.165, 1.54) is 12.3 Å². The van der Waals surface area contributed by atoms with E-state index in [0.717, 1.165) is 13.0 Å². The molecule has 0 aliphatic carbocycles. The van der Waals surface area contributed by atoms with Crippen LogP contribution in [0.2, 0.25) is 5.02 Å². The van der Waals surface area contributed by atoms with Crippen LogP contribution < -0.4 is 10.0 Å². The molecule has 0 unspecified atom stereocenters. The molecular weight excluding hydrogens is 298 g/mol. The van der Waals surface area contributed by atoms with Crippen molar-refractivity contribution in [1.82, 2.24) is 9.71 Å². The third-order valence-corrected chi connectivity index (χ3v) is 4.92. The van der Waals surface area contributed by atoms with Crippen LogP contribution in [0, 0.1) is 0 Å². The predicted octanol–water partition coefficient (Wildman–Crippen LogP) is 3.02. The summed E-state index contributed by atoms with van der Waals surface area (Å²) in [6, 6.07) is 1.42. The zero-order chi connectivity index (χ0) is 15.4. The summed E-state index contributed by atoms with van der Waals surface area (Å²) in [6.07, 6.45) is 2.94. The third kappa shape index (κ3) is 4.61. The summed E-state index contributed by atoms with van der Waals surface area (Å²) in [6.45, 7) is 8.34. The first kappa shape index (κ1) is 17.2. The zero-order valence-electron chi connectivity index (χ0n) is 12.3. The summed E-state index contributed by atoms with van der Waals surface area (Å²) in [5.41, 5.74) is -0.509. The van der Waals surface area contributed by atoms with E-state index in [9.17, 15) is 8.42 Å². The van der Waals surface area contributed by atoms with Gasteiger partial charge in [0.15, 0.2) is 0 Å². The maximum Gasteiger partial charge on any atom is 0.242 e. The molecule has 0 spiro atoms. The molecule has 0 bridgehead atoms. The molecule has 0 atom stereocenters. The molecule has 7 heteroatoms. The molecule has 0 fully saturated rings. The van der Waals surface area contributed by atoms with Gasteiger partial charge in [0.05, 0.1) is 5.02 Å². The summed E-state index contributed by atoms with van der Waals surface area (Å²) in [4.78, 5) is 4.15. The van der Waals surface area contributed by atoms with E-state index in [-0.39, 0.29) is 4.90 Å². The number of sulfonamides is 1. The van der Waals surface area contributed by atoms with Crippen molar-refractivity contribution in [1.29, 1.82) is 0 Å². The molecule has 5 nitrogen and oxygen atoms in total. The maximum absolute atomic E-state index is 12.3. The fourth-order valence-electron chi connectivity index (χ4n) is 1.44. The molecule has 1 rings (SSSR count). The van der Waals surface area contributed by atoms with E-state index in [4.69, 9.17) is 11.6 Å². The summed E-state index contributed by atoms with van der Waals surface area (Å²) >= 11 is 6.06. The van der Waals surface area contributed by atoms with Crippen molar-refractivity contribution >= 4 is 27.4 Å². The van der Waals surface area contributed by atoms with Gasteiger partial charge in [0.2, 0.25) is 10.0 Å². The van der Waals surface area contributed by atoms with Crippen molar-refractivity contribution in [3.05, 3.63) is 17.3 Å². The SMILES string of the molecule is CCCNc1ncc(S(=O)(=O)NC(C)(C)CC)cc1Cl. The standard InChI is InChI=1S/C13H22ClN3O2S/c1-5-7-15-12-11(14)8-10(9-16-12)20(18,19)17-13(3,4)6-2/h8-9,17H,5-7H2,1-4H3,(H,15,16). The molecule has 20 heavy (non-hydrogen) atoms. The molecule has 0 saturated heterocycles. The molecule has 1 aromatic heterocycles. The fraction of sp³-hybridized carbons (Fsp3) is 0.615. The molecule has 0 radical (unpaired) electrons. The summed E-state index contributed by atoms with van der Waals surface area (Å²) < 4.78 is 27.1. The number of hydrogen-bond acceptors (Lipinski definition) is 4. The van der Waals surface area contributed by atoms with Crippen LogP contribution in [0.3, 0.4) is 0 Å². The number of nitrogens with zero attached hydrogens (tertiary/aromatic N) is 1. The van der Waals surface area contributed by atoms with Crippen molar-refractivity contribution < 1.29 is 8.42 Å². The minimum absolute atomic E-state index is 0.0751. The molecule has 0 amide bonds. The Bertz CT molecular complexity index is 559. The van der Waals surface area contributed by atoms with E-state index < -0.39 is 15.6 Å². The second-order valence-electron chi connectivity index (χ2n) is 5.27.